The number of aliphatic hydroxyl groups excluding tert-OH is 3. The zero-order chi connectivity index (χ0) is 17.0. The summed E-state index contributed by atoms with van der Waals surface area (Å²) >= 11 is 0. The highest BCUT2D eigenvalue weighted by molar-refractivity contribution is 7.92. The van der Waals surface area contributed by atoms with Crippen LogP contribution >= 0.6 is 0 Å². The highest BCUT2D eigenvalue weighted by Crippen LogP contribution is 2.20. The number of nitrogens with one attached hydrogen (secondary N) is 1. The Balaban J connectivity index is 1.95. The number of benzene rings is 1. The summed E-state index contributed by atoms with van der Waals surface area (Å²) in [6, 6.07) is 8.94. The molecule has 0 amide bonds. The second kappa shape index (κ2) is 7.52. The molecule has 1 saturated heterocycles. The summed E-state index contributed by atoms with van der Waals surface area (Å²) in [4.78, 5) is 0. The van der Waals surface area contributed by atoms with Gasteiger partial charge in [-0.15, -0.1) is 0 Å². The van der Waals surface area contributed by atoms with Gasteiger partial charge in [-0.05, 0) is 18.6 Å². The quantitative estimate of drug-likeness (QED) is 0.570. The SMILES string of the molecule is CC1OC(CNS(=O)(=O)C=Cc2ccccc2)C(O)C(O)C1O. The largest absolute Gasteiger partial charge is 0.388 e. The molecule has 1 aliphatic rings. The predicted molar refractivity (Wildman–Crippen MR) is 84.8 cm³/mol. The van der Waals surface area contributed by atoms with E-state index in [-0.39, 0.29) is 6.54 Å². The van der Waals surface area contributed by atoms with Crippen LogP contribution in [0.5, 0.6) is 0 Å². The molecule has 8 heteroatoms. The lowest BCUT2D eigenvalue weighted by Crippen LogP contribution is -2.59. The Kier molecular flexibility index (Phi) is 5.90. The van der Waals surface area contributed by atoms with Crippen molar-refractivity contribution in [3.63, 3.8) is 0 Å². The van der Waals surface area contributed by atoms with Crippen LogP contribution in [0.25, 0.3) is 6.08 Å². The third-order valence-corrected chi connectivity index (χ3v) is 4.74. The minimum atomic E-state index is -3.72. The molecule has 5 unspecified atom stereocenters. The minimum absolute atomic E-state index is 0.212. The molecule has 5 atom stereocenters. The molecule has 7 nitrogen and oxygen atoms in total. The summed E-state index contributed by atoms with van der Waals surface area (Å²) in [6.45, 7) is 1.33. The van der Waals surface area contributed by atoms with Gasteiger partial charge in [0, 0.05) is 12.0 Å². The predicted octanol–water partition coefficient (Wildman–Crippen LogP) is -0.553. The summed E-state index contributed by atoms with van der Waals surface area (Å²) in [5.41, 5.74) is 0.735. The number of sulfonamides is 1. The second-order valence-electron chi connectivity index (χ2n) is 5.46. The molecule has 0 spiro atoms. The molecule has 1 fully saturated rings. The normalized spacial score (nSPS) is 32.3. The molecular formula is C15H21NO6S. The Labute approximate surface area is 135 Å². The van der Waals surface area contributed by atoms with E-state index < -0.39 is 40.5 Å². The first kappa shape index (κ1) is 18.1. The molecule has 1 heterocycles. The topological polar surface area (TPSA) is 116 Å². The first-order valence-electron chi connectivity index (χ1n) is 7.22. The van der Waals surface area contributed by atoms with Gasteiger partial charge in [0.2, 0.25) is 10.0 Å². The van der Waals surface area contributed by atoms with Gasteiger partial charge in [-0.3, -0.25) is 0 Å². The van der Waals surface area contributed by atoms with E-state index in [2.05, 4.69) is 4.72 Å². The molecule has 0 saturated carbocycles. The number of hydrogen-bond donors (Lipinski definition) is 4. The molecule has 1 aromatic rings. The molecule has 23 heavy (non-hydrogen) atoms. The maximum atomic E-state index is 11.9. The third kappa shape index (κ3) is 4.84. The van der Waals surface area contributed by atoms with Gasteiger partial charge in [0.25, 0.3) is 0 Å². The van der Waals surface area contributed by atoms with Crippen LogP contribution in [-0.2, 0) is 14.8 Å². The number of hydrogen-bond acceptors (Lipinski definition) is 6. The molecule has 2 rings (SSSR count). The Hall–Kier alpha value is -1.29. The van der Waals surface area contributed by atoms with Crippen LogP contribution in [0.2, 0.25) is 0 Å². The van der Waals surface area contributed by atoms with E-state index in [0.29, 0.717) is 0 Å². The van der Waals surface area contributed by atoms with Gasteiger partial charge in [0.05, 0.1) is 6.10 Å². The summed E-state index contributed by atoms with van der Waals surface area (Å²) in [7, 11) is -3.72. The van der Waals surface area contributed by atoms with Gasteiger partial charge in [-0.2, -0.15) is 0 Å². The van der Waals surface area contributed by atoms with Crippen LogP contribution in [0.4, 0.5) is 0 Å². The zero-order valence-corrected chi connectivity index (χ0v) is 13.4. The van der Waals surface area contributed by atoms with Crippen molar-refractivity contribution in [3.05, 3.63) is 41.3 Å². The maximum absolute atomic E-state index is 11.9. The van der Waals surface area contributed by atoms with Crippen molar-refractivity contribution in [2.24, 2.45) is 0 Å². The smallest absolute Gasteiger partial charge is 0.233 e. The molecule has 0 bridgehead atoms. The highest BCUT2D eigenvalue weighted by atomic mass is 32.2. The Morgan fingerprint density at radius 2 is 1.78 bits per heavy atom. The fourth-order valence-electron chi connectivity index (χ4n) is 2.28. The average molecular weight is 343 g/mol. The number of aliphatic hydroxyl groups is 3. The standard InChI is InChI=1S/C15H21NO6S/c1-10-13(17)15(19)14(18)12(22-10)9-16-23(20,21)8-7-11-5-3-2-4-6-11/h2-8,10,12-19H,9H2,1H3. The van der Waals surface area contributed by atoms with E-state index in [9.17, 15) is 23.7 Å². The van der Waals surface area contributed by atoms with Crippen LogP contribution in [-0.4, -0.2) is 60.8 Å². The number of ether oxygens (including phenoxy) is 1. The molecule has 0 radical (unpaired) electrons. The summed E-state index contributed by atoms with van der Waals surface area (Å²) in [6.07, 6.45) is -4.17. The molecule has 128 valence electrons. The van der Waals surface area contributed by atoms with Crippen molar-refractivity contribution in [3.8, 4) is 0 Å². The van der Waals surface area contributed by atoms with E-state index in [1.165, 1.54) is 13.0 Å². The van der Waals surface area contributed by atoms with E-state index in [1.807, 2.05) is 6.07 Å². The lowest BCUT2D eigenvalue weighted by molar-refractivity contribution is -0.214. The van der Waals surface area contributed by atoms with Gasteiger partial charge in [-0.25, -0.2) is 13.1 Å². The van der Waals surface area contributed by atoms with E-state index in [1.54, 1.807) is 24.3 Å². The van der Waals surface area contributed by atoms with Crippen LogP contribution in [0.1, 0.15) is 12.5 Å². The Bertz CT molecular complexity index is 633. The summed E-state index contributed by atoms with van der Waals surface area (Å²) in [5, 5.41) is 30.1. The van der Waals surface area contributed by atoms with Gasteiger partial charge in [0.1, 0.15) is 24.4 Å². The van der Waals surface area contributed by atoms with Gasteiger partial charge >= 0.3 is 0 Å². The van der Waals surface area contributed by atoms with Crippen molar-refractivity contribution >= 4 is 16.1 Å². The van der Waals surface area contributed by atoms with Crippen LogP contribution in [0.3, 0.4) is 0 Å². The summed E-state index contributed by atoms with van der Waals surface area (Å²) in [5.74, 6) is 0. The van der Waals surface area contributed by atoms with E-state index >= 15 is 0 Å². The van der Waals surface area contributed by atoms with Crippen LogP contribution < -0.4 is 4.72 Å². The van der Waals surface area contributed by atoms with Gasteiger partial charge in [0.15, 0.2) is 0 Å². The molecule has 1 aliphatic heterocycles. The van der Waals surface area contributed by atoms with Crippen molar-refractivity contribution in [1.29, 1.82) is 0 Å². The first-order valence-corrected chi connectivity index (χ1v) is 8.77. The Morgan fingerprint density at radius 3 is 2.43 bits per heavy atom. The average Bonchev–Trinajstić information content (AvgIpc) is 2.54. The summed E-state index contributed by atoms with van der Waals surface area (Å²) < 4.78 is 31.5. The number of rotatable bonds is 5. The fourth-order valence-corrected chi connectivity index (χ4v) is 3.11. The third-order valence-electron chi connectivity index (χ3n) is 3.68. The monoisotopic (exact) mass is 343 g/mol. The second-order valence-corrected chi connectivity index (χ2v) is 7.11. The van der Waals surface area contributed by atoms with Crippen molar-refractivity contribution < 1.29 is 28.5 Å². The van der Waals surface area contributed by atoms with E-state index in [0.717, 1.165) is 11.0 Å². The van der Waals surface area contributed by atoms with Crippen molar-refractivity contribution in [2.75, 3.05) is 6.54 Å². The van der Waals surface area contributed by atoms with Crippen LogP contribution in [0.15, 0.2) is 35.7 Å². The van der Waals surface area contributed by atoms with E-state index in [4.69, 9.17) is 4.74 Å². The maximum Gasteiger partial charge on any atom is 0.233 e. The van der Waals surface area contributed by atoms with Crippen LogP contribution in [0, 0.1) is 0 Å². The van der Waals surface area contributed by atoms with Crippen molar-refractivity contribution in [1.82, 2.24) is 4.72 Å². The molecule has 0 aliphatic carbocycles. The minimum Gasteiger partial charge on any atom is -0.388 e. The van der Waals surface area contributed by atoms with Crippen molar-refractivity contribution in [2.45, 2.75) is 37.4 Å². The van der Waals surface area contributed by atoms with Gasteiger partial charge in [-0.1, -0.05) is 30.3 Å². The molecule has 1 aromatic carbocycles. The Morgan fingerprint density at radius 1 is 1.13 bits per heavy atom. The molecule has 0 aromatic heterocycles. The lowest BCUT2D eigenvalue weighted by Gasteiger charge is -2.39. The fraction of sp³-hybridized carbons (Fsp3) is 0.467. The molecule has 4 N–H and O–H groups in total. The molecular weight excluding hydrogens is 322 g/mol. The zero-order valence-electron chi connectivity index (χ0n) is 12.6. The first-order chi connectivity index (χ1) is 10.8. The lowest BCUT2D eigenvalue weighted by atomic mass is 9.96. The van der Waals surface area contributed by atoms with Gasteiger partial charge < -0.3 is 20.1 Å². The highest BCUT2D eigenvalue weighted by Gasteiger charge is 2.41.